The lowest BCUT2D eigenvalue weighted by Crippen LogP contribution is -2.24. The summed E-state index contributed by atoms with van der Waals surface area (Å²) in [5.74, 6) is -0.484. The number of halogens is 1. The number of amidine groups is 1. The normalized spacial score (nSPS) is 11.6. The standard InChI is InChI=1S/C12H18FN3O/c1-3-4-7-16(2)11-6-5-9(13)8-10(11)12(14)15-17/h5-6,8,17H,3-4,7H2,1-2H3,(H2,14,15). The van der Waals surface area contributed by atoms with Crippen LogP contribution in [0, 0.1) is 5.82 Å². The van der Waals surface area contributed by atoms with Gasteiger partial charge in [-0.1, -0.05) is 18.5 Å². The maximum absolute atomic E-state index is 13.1. The van der Waals surface area contributed by atoms with Gasteiger partial charge < -0.3 is 15.8 Å². The van der Waals surface area contributed by atoms with Crippen LogP contribution in [0.5, 0.6) is 0 Å². The molecule has 0 radical (unpaired) electrons. The molecular weight excluding hydrogens is 221 g/mol. The number of rotatable bonds is 5. The predicted octanol–water partition coefficient (Wildman–Crippen LogP) is 2.16. The summed E-state index contributed by atoms with van der Waals surface area (Å²) in [6.07, 6.45) is 2.11. The van der Waals surface area contributed by atoms with E-state index in [0.29, 0.717) is 5.56 Å². The fourth-order valence-corrected chi connectivity index (χ4v) is 1.62. The Morgan fingerprint density at radius 1 is 1.53 bits per heavy atom. The molecule has 94 valence electrons. The molecule has 0 atom stereocenters. The molecule has 17 heavy (non-hydrogen) atoms. The van der Waals surface area contributed by atoms with Gasteiger partial charge in [-0.25, -0.2) is 4.39 Å². The van der Waals surface area contributed by atoms with Crippen LogP contribution in [0.2, 0.25) is 0 Å². The monoisotopic (exact) mass is 239 g/mol. The van der Waals surface area contributed by atoms with E-state index >= 15 is 0 Å². The second-order valence-corrected chi connectivity index (χ2v) is 3.92. The summed E-state index contributed by atoms with van der Waals surface area (Å²) in [5, 5.41) is 11.6. The molecule has 0 aliphatic rings. The summed E-state index contributed by atoms with van der Waals surface area (Å²) in [7, 11) is 1.90. The SMILES string of the molecule is CCCCN(C)c1ccc(F)cc1C(N)=NO. The van der Waals surface area contributed by atoms with Gasteiger partial charge in [0.05, 0.1) is 0 Å². The molecule has 0 aromatic heterocycles. The number of hydrogen-bond donors (Lipinski definition) is 2. The zero-order valence-corrected chi connectivity index (χ0v) is 10.2. The Balaban J connectivity index is 3.05. The number of nitrogens with zero attached hydrogens (tertiary/aromatic N) is 2. The summed E-state index contributed by atoms with van der Waals surface area (Å²) in [6.45, 7) is 2.94. The van der Waals surface area contributed by atoms with E-state index in [1.54, 1.807) is 6.07 Å². The molecule has 0 bridgehead atoms. The van der Waals surface area contributed by atoms with E-state index in [4.69, 9.17) is 10.9 Å². The molecule has 0 amide bonds. The third-order valence-electron chi connectivity index (χ3n) is 2.60. The first kappa shape index (κ1) is 13.3. The molecule has 0 spiro atoms. The van der Waals surface area contributed by atoms with Crippen molar-refractivity contribution in [3.05, 3.63) is 29.6 Å². The van der Waals surface area contributed by atoms with Crippen molar-refractivity contribution in [2.24, 2.45) is 10.9 Å². The lowest BCUT2D eigenvalue weighted by Gasteiger charge is -2.21. The molecule has 0 aliphatic heterocycles. The first-order valence-electron chi connectivity index (χ1n) is 5.58. The highest BCUT2D eigenvalue weighted by atomic mass is 19.1. The van der Waals surface area contributed by atoms with Crippen molar-refractivity contribution in [3.63, 3.8) is 0 Å². The minimum Gasteiger partial charge on any atom is -0.409 e. The van der Waals surface area contributed by atoms with E-state index in [2.05, 4.69) is 12.1 Å². The van der Waals surface area contributed by atoms with Gasteiger partial charge in [-0.2, -0.15) is 0 Å². The number of anilines is 1. The maximum Gasteiger partial charge on any atom is 0.172 e. The molecule has 1 aromatic rings. The topological polar surface area (TPSA) is 61.8 Å². The van der Waals surface area contributed by atoms with Gasteiger partial charge in [0.1, 0.15) is 5.82 Å². The quantitative estimate of drug-likeness (QED) is 0.358. The molecule has 0 saturated heterocycles. The van der Waals surface area contributed by atoms with Gasteiger partial charge in [0.25, 0.3) is 0 Å². The Kier molecular flexibility index (Phi) is 4.75. The fraction of sp³-hybridized carbons (Fsp3) is 0.417. The molecule has 0 saturated carbocycles. The second kappa shape index (κ2) is 6.08. The smallest absolute Gasteiger partial charge is 0.172 e. The zero-order valence-electron chi connectivity index (χ0n) is 10.2. The van der Waals surface area contributed by atoms with Crippen molar-refractivity contribution in [3.8, 4) is 0 Å². The summed E-state index contributed by atoms with van der Waals surface area (Å²) in [5.41, 5.74) is 6.70. The van der Waals surface area contributed by atoms with Gasteiger partial charge in [-0.05, 0) is 24.6 Å². The van der Waals surface area contributed by atoms with Crippen LogP contribution in [0.25, 0.3) is 0 Å². The molecule has 0 unspecified atom stereocenters. The van der Waals surface area contributed by atoms with Crippen molar-refractivity contribution in [1.82, 2.24) is 0 Å². The van der Waals surface area contributed by atoms with Gasteiger partial charge >= 0.3 is 0 Å². The maximum atomic E-state index is 13.1. The molecule has 0 aliphatic carbocycles. The molecule has 5 heteroatoms. The third-order valence-corrected chi connectivity index (χ3v) is 2.60. The van der Waals surface area contributed by atoms with Crippen molar-refractivity contribution >= 4 is 11.5 Å². The van der Waals surface area contributed by atoms with E-state index in [-0.39, 0.29) is 5.84 Å². The molecule has 0 heterocycles. The van der Waals surface area contributed by atoms with E-state index in [9.17, 15) is 4.39 Å². The largest absolute Gasteiger partial charge is 0.409 e. The van der Waals surface area contributed by atoms with Crippen LogP contribution in [0.15, 0.2) is 23.4 Å². The first-order valence-corrected chi connectivity index (χ1v) is 5.58. The lowest BCUT2D eigenvalue weighted by molar-refractivity contribution is 0.318. The summed E-state index contributed by atoms with van der Waals surface area (Å²) >= 11 is 0. The number of hydrogen-bond acceptors (Lipinski definition) is 3. The van der Waals surface area contributed by atoms with Crippen LogP contribution in [-0.4, -0.2) is 24.6 Å². The van der Waals surface area contributed by atoms with Crippen LogP contribution in [0.1, 0.15) is 25.3 Å². The van der Waals surface area contributed by atoms with Crippen molar-refractivity contribution < 1.29 is 9.60 Å². The van der Waals surface area contributed by atoms with Crippen LogP contribution >= 0.6 is 0 Å². The molecule has 1 rings (SSSR count). The average Bonchev–Trinajstić information content (AvgIpc) is 2.34. The van der Waals surface area contributed by atoms with Crippen LogP contribution in [-0.2, 0) is 0 Å². The first-order chi connectivity index (χ1) is 8.10. The molecule has 0 fully saturated rings. The average molecular weight is 239 g/mol. The Bertz CT molecular complexity index is 407. The Morgan fingerprint density at radius 2 is 2.24 bits per heavy atom. The molecular formula is C12H18FN3O. The summed E-state index contributed by atoms with van der Waals surface area (Å²) in [6, 6.07) is 4.27. The molecule has 3 N–H and O–H groups in total. The van der Waals surface area contributed by atoms with E-state index in [0.717, 1.165) is 25.1 Å². The lowest BCUT2D eigenvalue weighted by atomic mass is 10.1. The fourth-order valence-electron chi connectivity index (χ4n) is 1.62. The predicted molar refractivity (Wildman–Crippen MR) is 67.1 cm³/mol. The second-order valence-electron chi connectivity index (χ2n) is 3.92. The Hall–Kier alpha value is -1.78. The third kappa shape index (κ3) is 3.34. The summed E-state index contributed by atoms with van der Waals surface area (Å²) in [4.78, 5) is 1.97. The Morgan fingerprint density at radius 3 is 2.82 bits per heavy atom. The minimum absolute atomic E-state index is 0.0807. The van der Waals surface area contributed by atoms with Gasteiger partial charge in [0.2, 0.25) is 0 Å². The van der Waals surface area contributed by atoms with Crippen LogP contribution in [0.4, 0.5) is 10.1 Å². The molecule has 4 nitrogen and oxygen atoms in total. The van der Waals surface area contributed by atoms with E-state index in [1.165, 1.54) is 12.1 Å². The van der Waals surface area contributed by atoms with Gasteiger partial charge in [-0.15, -0.1) is 0 Å². The molecule has 1 aromatic carbocycles. The highest BCUT2D eigenvalue weighted by molar-refractivity contribution is 6.02. The van der Waals surface area contributed by atoms with Crippen LogP contribution < -0.4 is 10.6 Å². The van der Waals surface area contributed by atoms with Gasteiger partial charge in [-0.3, -0.25) is 0 Å². The Labute approximate surface area is 101 Å². The number of unbranched alkanes of at least 4 members (excludes halogenated alkanes) is 1. The van der Waals surface area contributed by atoms with Crippen LogP contribution in [0.3, 0.4) is 0 Å². The number of oxime groups is 1. The minimum atomic E-state index is -0.403. The van der Waals surface area contributed by atoms with E-state index < -0.39 is 5.82 Å². The number of nitrogens with two attached hydrogens (primary N) is 1. The summed E-state index contributed by atoms with van der Waals surface area (Å²) < 4.78 is 13.1. The van der Waals surface area contributed by atoms with Crippen molar-refractivity contribution in [2.75, 3.05) is 18.5 Å². The number of benzene rings is 1. The van der Waals surface area contributed by atoms with Gasteiger partial charge in [0, 0.05) is 24.8 Å². The highest BCUT2D eigenvalue weighted by Crippen LogP contribution is 2.21. The van der Waals surface area contributed by atoms with Gasteiger partial charge in [0.15, 0.2) is 5.84 Å². The van der Waals surface area contributed by atoms with E-state index in [1.807, 2.05) is 11.9 Å². The highest BCUT2D eigenvalue weighted by Gasteiger charge is 2.11. The zero-order chi connectivity index (χ0) is 12.8. The van der Waals surface area contributed by atoms with Crippen molar-refractivity contribution in [1.29, 1.82) is 0 Å². The van der Waals surface area contributed by atoms with Crippen molar-refractivity contribution in [2.45, 2.75) is 19.8 Å².